The maximum absolute atomic E-state index is 13.4. The van der Waals surface area contributed by atoms with E-state index in [-0.39, 0.29) is 18.5 Å². The molecule has 1 heterocycles. The first-order valence-corrected chi connectivity index (χ1v) is 11.5. The lowest BCUT2D eigenvalue weighted by Crippen LogP contribution is -2.39. The van der Waals surface area contributed by atoms with Crippen LogP contribution < -0.4 is 5.32 Å². The second kappa shape index (κ2) is 10.9. The number of likely N-dealkylation sites (tertiary alicyclic amines) is 1. The van der Waals surface area contributed by atoms with Gasteiger partial charge in [-0.1, -0.05) is 72.3 Å². The number of hydrogen-bond acceptors (Lipinski definition) is 4. The summed E-state index contributed by atoms with van der Waals surface area (Å²) in [5.41, 5.74) is 4.89. The molecule has 1 amide bonds. The fourth-order valence-electron chi connectivity index (χ4n) is 4.38. The summed E-state index contributed by atoms with van der Waals surface area (Å²) in [6.07, 6.45) is 1.78. The highest BCUT2D eigenvalue weighted by atomic mass is 16.4. The SMILES string of the molecule is Cc1ccc(NC(=O)C2CCCN2Cc2ccccc2)c(C(=NCC(=O)O)c2ccccc2)c1. The third-order valence-corrected chi connectivity index (χ3v) is 6.00. The summed E-state index contributed by atoms with van der Waals surface area (Å²) < 4.78 is 0. The van der Waals surface area contributed by atoms with Crippen molar-refractivity contribution in [2.45, 2.75) is 32.4 Å². The minimum atomic E-state index is -1.01. The zero-order valence-electron chi connectivity index (χ0n) is 19.3. The van der Waals surface area contributed by atoms with Crippen LogP contribution in [-0.4, -0.2) is 46.7 Å². The first-order chi connectivity index (χ1) is 16.5. The van der Waals surface area contributed by atoms with E-state index in [1.54, 1.807) is 0 Å². The molecule has 3 aromatic rings. The van der Waals surface area contributed by atoms with Crippen LogP contribution in [0, 0.1) is 6.92 Å². The Morgan fingerprint density at radius 3 is 2.44 bits per heavy atom. The molecule has 0 aromatic heterocycles. The fourth-order valence-corrected chi connectivity index (χ4v) is 4.38. The number of nitrogens with one attached hydrogen (secondary N) is 1. The molecule has 1 aliphatic heterocycles. The van der Waals surface area contributed by atoms with E-state index in [0.29, 0.717) is 17.0 Å². The van der Waals surface area contributed by atoms with Crippen molar-refractivity contribution in [3.05, 3.63) is 101 Å². The Balaban J connectivity index is 1.62. The predicted molar refractivity (Wildman–Crippen MR) is 134 cm³/mol. The Morgan fingerprint density at radius 2 is 1.74 bits per heavy atom. The molecule has 4 rings (SSSR count). The highest BCUT2D eigenvalue weighted by Crippen LogP contribution is 2.25. The zero-order valence-corrected chi connectivity index (χ0v) is 19.3. The van der Waals surface area contributed by atoms with E-state index in [9.17, 15) is 14.7 Å². The summed E-state index contributed by atoms with van der Waals surface area (Å²) in [4.78, 5) is 31.3. The number of carbonyl (C=O) groups excluding carboxylic acids is 1. The van der Waals surface area contributed by atoms with E-state index in [1.165, 1.54) is 5.56 Å². The quantitative estimate of drug-likeness (QED) is 0.489. The Labute approximate surface area is 200 Å². The maximum Gasteiger partial charge on any atom is 0.325 e. The first kappa shape index (κ1) is 23.4. The standard InChI is InChI=1S/C28H29N3O3/c1-20-14-15-24(23(17-20)27(29-18-26(32)33)22-11-6-3-7-12-22)30-28(34)25-13-8-16-31(25)19-21-9-4-2-5-10-21/h2-7,9-12,14-15,17,25H,8,13,16,18-19H2,1H3,(H,30,34)(H,32,33). The molecule has 6 nitrogen and oxygen atoms in total. The van der Waals surface area contributed by atoms with Gasteiger partial charge in [0.15, 0.2) is 0 Å². The van der Waals surface area contributed by atoms with Gasteiger partial charge in [0, 0.05) is 17.7 Å². The number of hydrogen-bond donors (Lipinski definition) is 2. The van der Waals surface area contributed by atoms with E-state index in [4.69, 9.17) is 0 Å². The van der Waals surface area contributed by atoms with Crippen molar-refractivity contribution in [3.63, 3.8) is 0 Å². The molecular weight excluding hydrogens is 426 g/mol. The number of rotatable bonds is 8. The van der Waals surface area contributed by atoms with Gasteiger partial charge < -0.3 is 10.4 Å². The van der Waals surface area contributed by atoms with Gasteiger partial charge in [0.2, 0.25) is 5.91 Å². The third-order valence-electron chi connectivity index (χ3n) is 6.00. The van der Waals surface area contributed by atoms with E-state index in [0.717, 1.165) is 37.1 Å². The molecule has 1 saturated heterocycles. The predicted octanol–water partition coefficient (Wildman–Crippen LogP) is 4.52. The normalized spacial score (nSPS) is 16.4. The second-order valence-electron chi connectivity index (χ2n) is 8.58. The highest BCUT2D eigenvalue weighted by molar-refractivity contribution is 6.17. The summed E-state index contributed by atoms with van der Waals surface area (Å²) in [6, 6.07) is 25.2. The fraction of sp³-hybridized carbons (Fsp3) is 0.250. The summed E-state index contributed by atoms with van der Waals surface area (Å²) in [5.74, 6) is -1.06. The molecule has 1 aliphatic rings. The van der Waals surface area contributed by atoms with Crippen LogP contribution in [0.1, 0.15) is 35.1 Å². The van der Waals surface area contributed by atoms with Gasteiger partial charge in [-0.05, 0) is 44.0 Å². The van der Waals surface area contributed by atoms with E-state index >= 15 is 0 Å². The lowest BCUT2D eigenvalue weighted by atomic mass is 9.98. The number of aliphatic imine (C=N–C) groups is 1. The lowest BCUT2D eigenvalue weighted by molar-refractivity contribution is -0.135. The average molecular weight is 456 g/mol. The van der Waals surface area contributed by atoms with Crippen molar-refractivity contribution in [3.8, 4) is 0 Å². The Morgan fingerprint density at radius 1 is 1.03 bits per heavy atom. The molecule has 6 heteroatoms. The molecule has 1 fully saturated rings. The zero-order chi connectivity index (χ0) is 23.9. The van der Waals surface area contributed by atoms with E-state index in [2.05, 4.69) is 27.3 Å². The molecule has 1 atom stereocenters. The Hall–Kier alpha value is -3.77. The summed E-state index contributed by atoms with van der Waals surface area (Å²) in [7, 11) is 0. The molecule has 0 bridgehead atoms. The molecule has 3 aromatic carbocycles. The highest BCUT2D eigenvalue weighted by Gasteiger charge is 2.31. The van der Waals surface area contributed by atoms with Crippen molar-refractivity contribution in [1.29, 1.82) is 0 Å². The molecule has 174 valence electrons. The average Bonchev–Trinajstić information content (AvgIpc) is 3.30. The minimum Gasteiger partial charge on any atom is -0.480 e. The Kier molecular flexibility index (Phi) is 7.50. The molecule has 0 aliphatic carbocycles. The van der Waals surface area contributed by atoms with Crippen molar-refractivity contribution in [2.75, 3.05) is 18.4 Å². The molecule has 0 saturated carbocycles. The molecular formula is C28H29N3O3. The number of carboxylic acid groups (broad SMARTS) is 1. The van der Waals surface area contributed by atoms with Crippen molar-refractivity contribution >= 4 is 23.3 Å². The van der Waals surface area contributed by atoms with Crippen LogP contribution in [0.5, 0.6) is 0 Å². The van der Waals surface area contributed by atoms with Gasteiger partial charge in [-0.2, -0.15) is 0 Å². The smallest absolute Gasteiger partial charge is 0.325 e. The van der Waals surface area contributed by atoms with Crippen molar-refractivity contribution in [1.82, 2.24) is 4.90 Å². The first-order valence-electron chi connectivity index (χ1n) is 11.5. The van der Waals surface area contributed by atoms with Gasteiger partial charge in [0.25, 0.3) is 0 Å². The van der Waals surface area contributed by atoms with Crippen LogP contribution in [0.4, 0.5) is 5.69 Å². The number of carbonyl (C=O) groups is 2. The molecule has 34 heavy (non-hydrogen) atoms. The largest absolute Gasteiger partial charge is 0.480 e. The van der Waals surface area contributed by atoms with Crippen molar-refractivity contribution in [2.24, 2.45) is 4.99 Å². The van der Waals surface area contributed by atoms with Gasteiger partial charge in [0.1, 0.15) is 6.54 Å². The van der Waals surface area contributed by atoms with Gasteiger partial charge in [0.05, 0.1) is 17.4 Å². The third kappa shape index (κ3) is 5.77. The van der Waals surface area contributed by atoms with Crippen LogP contribution in [0.15, 0.2) is 83.9 Å². The van der Waals surface area contributed by atoms with E-state index in [1.807, 2.05) is 73.7 Å². The second-order valence-corrected chi connectivity index (χ2v) is 8.58. The number of benzene rings is 3. The van der Waals surface area contributed by atoms with Crippen LogP contribution in [0.3, 0.4) is 0 Å². The summed E-state index contributed by atoms with van der Waals surface area (Å²) in [6.45, 7) is 3.23. The van der Waals surface area contributed by atoms with Gasteiger partial charge in [-0.3, -0.25) is 19.5 Å². The number of amides is 1. The number of anilines is 1. The van der Waals surface area contributed by atoms with Crippen LogP contribution in [0.25, 0.3) is 0 Å². The number of aryl methyl sites for hydroxylation is 1. The summed E-state index contributed by atoms with van der Waals surface area (Å²) in [5, 5.41) is 12.4. The van der Waals surface area contributed by atoms with E-state index < -0.39 is 5.97 Å². The lowest BCUT2D eigenvalue weighted by Gasteiger charge is -2.24. The molecule has 0 spiro atoms. The van der Waals surface area contributed by atoms with Crippen LogP contribution in [-0.2, 0) is 16.1 Å². The Bertz CT molecular complexity index is 1180. The number of aliphatic carboxylic acids is 1. The minimum absolute atomic E-state index is 0.0517. The van der Waals surface area contributed by atoms with Gasteiger partial charge in [-0.25, -0.2) is 0 Å². The molecule has 1 unspecified atom stereocenters. The van der Waals surface area contributed by atoms with Crippen LogP contribution >= 0.6 is 0 Å². The molecule has 2 N–H and O–H groups in total. The topological polar surface area (TPSA) is 82.0 Å². The summed E-state index contributed by atoms with van der Waals surface area (Å²) >= 11 is 0. The van der Waals surface area contributed by atoms with Gasteiger partial charge >= 0.3 is 5.97 Å². The monoisotopic (exact) mass is 455 g/mol. The van der Waals surface area contributed by atoms with Gasteiger partial charge in [-0.15, -0.1) is 0 Å². The number of nitrogens with zero attached hydrogens (tertiary/aromatic N) is 2. The maximum atomic E-state index is 13.4. The van der Waals surface area contributed by atoms with Crippen molar-refractivity contribution < 1.29 is 14.7 Å². The molecule has 0 radical (unpaired) electrons. The number of carboxylic acids is 1. The van der Waals surface area contributed by atoms with Crippen LogP contribution in [0.2, 0.25) is 0 Å².